The minimum absolute atomic E-state index is 0.0515. The summed E-state index contributed by atoms with van der Waals surface area (Å²) in [5, 5.41) is 8.70. The Morgan fingerprint density at radius 1 is 1.32 bits per heavy atom. The first kappa shape index (κ1) is 19.4. The average molecular weight is 363 g/mol. The molecule has 0 aromatic heterocycles. The van der Waals surface area contributed by atoms with Crippen molar-refractivity contribution in [2.75, 3.05) is 26.7 Å². The molecule has 7 heteroatoms. The van der Waals surface area contributed by atoms with Gasteiger partial charge < -0.3 is 4.90 Å². The zero-order chi connectivity index (χ0) is 18.4. The lowest BCUT2D eigenvalue weighted by atomic mass is 9.82. The maximum Gasteiger partial charge on any atom is 0.243 e. The fourth-order valence-corrected chi connectivity index (χ4v) is 4.85. The lowest BCUT2D eigenvalue weighted by molar-refractivity contribution is -0.131. The van der Waals surface area contributed by atoms with Crippen LogP contribution < -0.4 is 0 Å². The Labute approximate surface area is 150 Å². The summed E-state index contributed by atoms with van der Waals surface area (Å²) in [4.78, 5) is 13.9. The predicted molar refractivity (Wildman–Crippen MR) is 95.0 cm³/mol. The number of benzene rings is 1. The number of carbonyl (C=O) groups excluding carboxylic acids is 1. The second-order valence-corrected chi connectivity index (χ2v) is 8.44. The van der Waals surface area contributed by atoms with Crippen LogP contribution in [0.25, 0.3) is 0 Å². The molecule has 1 heterocycles. The van der Waals surface area contributed by atoms with E-state index in [0.29, 0.717) is 30.8 Å². The third kappa shape index (κ3) is 4.59. The number of nitriles is 1. The van der Waals surface area contributed by atoms with Crippen molar-refractivity contribution in [3.8, 4) is 6.07 Å². The molecule has 0 unspecified atom stereocenters. The third-order valence-corrected chi connectivity index (χ3v) is 6.81. The van der Waals surface area contributed by atoms with Gasteiger partial charge in [-0.2, -0.15) is 9.57 Å². The number of sulfonamides is 1. The molecule has 0 saturated carbocycles. The zero-order valence-electron chi connectivity index (χ0n) is 14.8. The van der Waals surface area contributed by atoms with Gasteiger partial charge >= 0.3 is 0 Å². The predicted octanol–water partition coefficient (Wildman–Crippen LogP) is 2.10. The molecule has 1 aromatic rings. The fourth-order valence-electron chi connectivity index (χ4n) is 3.31. The highest BCUT2D eigenvalue weighted by molar-refractivity contribution is 7.89. The Kier molecular flexibility index (Phi) is 6.57. The minimum Gasteiger partial charge on any atom is -0.332 e. The van der Waals surface area contributed by atoms with Crippen molar-refractivity contribution in [1.29, 1.82) is 5.26 Å². The molecule has 0 aliphatic carbocycles. The number of rotatable bonds is 6. The summed E-state index contributed by atoms with van der Waals surface area (Å²) in [5.74, 6) is 0.247. The van der Waals surface area contributed by atoms with Gasteiger partial charge in [0.15, 0.2) is 0 Å². The van der Waals surface area contributed by atoms with E-state index in [9.17, 15) is 13.2 Å². The fraction of sp³-hybridized carbons (Fsp3) is 0.556. The highest BCUT2D eigenvalue weighted by Gasteiger charge is 2.35. The molecule has 0 spiro atoms. The van der Waals surface area contributed by atoms with E-state index in [4.69, 9.17) is 5.26 Å². The van der Waals surface area contributed by atoms with Crippen LogP contribution >= 0.6 is 0 Å². The van der Waals surface area contributed by atoms with Gasteiger partial charge in [-0.05, 0) is 30.4 Å². The van der Waals surface area contributed by atoms with Gasteiger partial charge in [-0.1, -0.05) is 31.5 Å². The van der Waals surface area contributed by atoms with Gasteiger partial charge in [0.2, 0.25) is 15.9 Å². The SMILES string of the molecule is CC[C@H]1CN(S(=O)(=O)c2ccccc2)CC[C@H]1CC(=O)N(C)CC#N. The molecule has 25 heavy (non-hydrogen) atoms. The van der Waals surface area contributed by atoms with Crippen molar-refractivity contribution in [1.82, 2.24) is 9.21 Å². The Balaban J connectivity index is 2.06. The summed E-state index contributed by atoms with van der Waals surface area (Å²) in [5.41, 5.74) is 0. The lowest BCUT2D eigenvalue weighted by Crippen LogP contribution is -2.44. The highest BCUT2D eigenvalue weighted by atomic mass is 32.2. The van der Waals surface area contributed by atoms with E-state index in [1.807, 2.05) is 13.0 Å². The van der Waals surface area contributed by atoms with E-state index in [2.05, 4.69) is 0 Å². The van der Waals surface area contributed by atoms with E-state index in [-0.39, 0.29) is 24.3 Å². The van der Waals surface area contributed by atoms with Crippen LogP contribution in [-0.2, 0) is 14.8 Å². The number of hydrogen-bond donors (Lipinski definition) is 0. The van der Waals surface area contributed by atoms with Gasteiger partial charge in [0.1, 0.15) is 6.54 Å². The summed E-state index contributed by atoms with van der Waals surface area (Å²) in [6.45, 7) is 2.97. The van der Waals surface area contributed by atoms with Crippen molar-refractivity contribution < 1.29 is 13.2 Å². The van der Waals surface area contributed by atoms with Gasteiger partial charge in [0.05, 0.1) is 11.0 Å². The van der Waals surface area contributed by atoms with Crippen LogP contribution in [0, 0.1) is 23.2 Å². The van der Waals surface area contributed by atoms with E-state index in [1.165, 1.54) is 9.21 Å². The van der Waals surface area contributed by atoms with Gasteiger partial charge in [-0.25, -0.2) is 8.42 Å². The second kappa shape index (κ2) is 8.45. The van der Waals surface area contributed by atoms with E-state index in [1.54, 1.807) is 37.4 Å². The van der Waals surface area contributed by atoms with Gasteiger partial charge in [0, 0.05) is 26.6 Å². The Bertz CT molecular complexity index is 728. The Morgan fingerprint density at radius 3 is 2.60 bits per heavy atom. The molecule has 0 radical (unpaired) electrons. The number of amides is 1. The van der Waals surface area contributed by atoms with Crippen LogP contribution in [0.2, 0.25) is 0 Å². The topological polar surface area (TPSA) is 81.5 Å². The van der Waals surface area contributed by atoms with Crippen LogP contribution in [0.1, 0.15) is 26.2 Å². The molecular weight excluding hydrogens is 338 g/mol. The Morgan fingerprint density at radius 2 is 2.00 bits per heavy atom. The maximum atomic E-state index is 12.8. The largest absolute Gasteiger partial charge is 0.332 e. The molecule has 6 nitrogen and oxygen atoms in total. The van der Waals surface area contributed by atoms with E-state index >= 15 is 0 Å². The quantitative estimate of drug-likeness (QED) is 0.725. The first-order valence-electron chi connectivity index (χ1n) is 8.56. The van der Waals surface area contributed by atoms with Crippen molar-refractivity contribution in [2.45, 2.75) is 31.1 Å². The van der Waals surface area contributed by atoms with Crippen LogP contribution in [0.5, 0.6) is 0 Å². The van der Waals surface area contributed by atoms with Gasteiger partial charge in [-0.3, -0.25) is 4.79 Å². The van der Waals surface area contributed by atoms with Crippen molar-refractivity contribution in [2.24, 2.45) is 11.8 Å². The molecule has 1 aliphatic heterocycles. The molecule has 0 bridgehead atoms. The zero-order valence-corrected chi connectivity index (χ0v) is 15.6. The van der Waals surface area contributed by atoms with Crippen molar-refractivity contribution >= 4 is 15.9 Å². The monoisotopic (exact) mass is 363 g/mol. The second-order valence-electron chi connectivity index (χ2n) is 6.51. The first-order valence-corrected chi connectivity index (χ1v) is 10.00. The first-order chi connectivity index (χ1) is 11.9. The standard InChI is InChI=1S/C18H25N3O3S/c1-3-15-14-21(25(23,24)17-7-5-4-6-8-17)11-9-16(15)13-18(22)20(2)12-10-19/h4-8,15-16H,3,9,11-14H2,1-2H3/t15-,16-/m0/s1. The third-order valence-electron chi connectivity index (χ3n) is 4.93. The Hall–Kier alpha value is -1.91. The molecule has 1 amide bonds. The normalized spacial score (nSPS) is 21.5. The molecule has 1 fully saturated rings. The summed E-state index contributed by atoms with van der Waals surface area (Å²) in [6, 6.07) is 10.4. The molecule has 0 N–H and O–H groups in total. The number of hydrogen-bond acceptors (Lipinski definition) is 4. The van der Waals surface area contributed by atoms with E-state index < -0.39 is 10.0 Å². The lowest BCUT2D eigenvalue weighted by Gasteiger charge is -2.37. The summed E-state index contributed by atoms with van der Waals surface area (Å²) in [7, 11) is -1.86. The molecule has 1 aromatic carbocycles. The van der Waals surface area contributed by atoms with E-state index in [0.717, 1.165) is 6.42 Å². The van der Waals surface area contributed by atoms with Crippen molar-refractivity contribution in [3.63, 3.8) is 0 Å². The van der Waals surface area contributed by atoms with Crippen LogP contribution in [0.3, 0.4) is 0 Å². The van der Waals surface area contributed by atoms with Gasteiger partial charge in [0.25, 0.3) is 0 Å². The number of nitrogens with zero attached hydrogens (tertiary/aromatic N) is 3. The molecule has 2 atom stereocenters. The minimum atomic E-state index is -3.49. The number of carbonyl (C=O) groups is 1. The molecular formula is C18H25N3O3S. The molecule has 2 rings (SSSR count). The molecule has 1 saturated heterocycles. The summed E-state index contributed by atoms with van der Waals surface area (Å²) >= 11 is 0. The smallest absolute Gasteiger partial charge is 0.243 e. The number of piperidine rings is 1. The molecule has 1 aliphatic rings. The van der Waals surface area contributed by atoms with Crippen LogP contribution in [0.15, 0.2) is 35.2 Å². The summed E-state index contributed by atoms with van der Waals surface area (Å²) in [6.07, 6.45) is 1.85. The van der Waals surface area contributed by atoms with Gasteiger partial charge in [-0.15, -0.1) is 0 Å². The average Bonchev–Trinajstić information content (AvgIpc) is 2.62. The van der Waals surface area contributed by atoms with Crippen molar-refractivity contribution in [3.05, 3.63) is 30.3 Å². The maximum absolute atomic E-state index is 12.8. The molecule has 136 valence electrons. The van der Waals surface area contributed by atoms with Crippen LogP contribution in [0.4, 0.5) is 0 Å². The highest BCUT2D eigenvalue weighted by Crippen LogP contribution is 2.32. The van der Waals surface area contributed by atoms with Crippen LogP contribution in [-0.4, -0.2) is 50.2 Å². The summed E-state index contributed by atoms with van der Waals surface area (Å²) < 4.78 is 27.1.